The molecule has 0 saturated carbocycles. The summed E-state index contributed by atoms with van der Waals surface area (Å²) >= 11 is 6.86. The average molecular weight is 1960 g/mol. The molecule has 0 unspecified atom stereocenters. The van der Waals surface area contributed by atoms with Gasteiger partial charge >= 0.3 is 0 Å². The van der Waals surface area contributed by atoms with Gasteiger partial charge in [-0.1, -0.05) is 110 Å². The van der Waals surface area contributed by atoms with E-state index in [0.717, 1.165) is 145 Å². The quantitative estimate of drug-likeness (QED) is 0.0449. The van der Waals surface area contributed by atoms with Crippen LogP contribution in [0.3, 0.4) is 0 Å². The van der Waals surface area contributed by atoms with Crippen molar-refractivity contribution >= 4 is 68.3 Å². The van der Waals surface area contributed by atoms with E-state index < -0.39 is 52.2 Å². The Morgan fingerprint density at radius 2 is 0.633 bits per heavy atom. The number of hydrogen-bond donors (Lipinski definition) is 2. The van der Waals surface area contributed by atoms with Gasteiger partial charge in [-0.05, 0) is 271 Å². The van der Waals surface area contributed by atoms with Crippen LogP contribution < -0.4 is 11.5 Å². The molecule has 0 bridgehead atoms. The number of aryl methyl sites for hydroxylation is 4. The molecule has 0 spiro atoms. The van der Waals surface area contributed by atoms with Gasteiger partial charge in [0.15, 0.2) is 46.5 Å². The fourth-order valence-corrected chi connectivity index (χ4v) is 21.2. The molecule has 0 saturated heterocycles. The third kappa shape index (κ3) is 22.7. The van der Waals surface area contributed by atoms with Gasteiger partial charge in [-0.15, -0.1) is 56.7 Å². The zero-order valence-electron chi connectivity index (χ0n) is 74.3. The number of halogens is 12. The minimum absolute atomic E-state index is 0.0242. The van der Waals surface area contributed by atoms with Crippen molar-refractivity contribution in [1.29, 1.82) is 0 Å². The van der Waals surface area contributed by atoms with E-state index in [9.17, 15) is 52.7 Å². The molecule has 0 fully saturated rings. The molecule has 692 valence electrons. The molecule has 11 nitrogen and oxygen atoms in total. The zero-order chi connectivity index (χ0) is 97.3. The highest BCUT2D eigenvalue weighted by Gasteiger charge is 2.29. The van der Waals surface area contributed by atoms with Gasteiger partial charge in [0, 0.05) is 135 Å². The summed E-state index contributed by atoms with van der Waals surface area (Å²) < 4.78 is 174. The molecule has 0 aliphatic heterocycles. The minimum Gasteiger partial charge on any atom is -0.464 e. The lowest BCUT2D eigenvalue weighted by atomic mass is 9.94. The maximum Gasteiger partial charge on any atom is 0.250 e. The average Bonchev–Trinajstić information content (AvgIpc) is 1.68. The maximum absolute atomic E-state index is 14.7. The lowest BCUT2D eigenvalue weighted by molar-refractivity contribution is 0.463. The smallest absolute Gasteiger partial charge is 0.250 e. The van der Waals surface area contributed by atoms with E-state index in [-0.39, 0.29) is 68.0 Å². The van der Waals surface area contributed by atoms with Gasteiger partial charge in [-0.25, -0.2) is 63.2 Å². The number of pyridine rings is 8. The van der Waals surface area contributed by atoms with Crippen molar-refractivity contribution in [2.24, 2.45) is 0 Å². The number of thiophene rings is 5. The first kappa shape index (κ1) is 96.7. The molecule has 0 aliphatic rings. The minimum atomic E-state index is -1.35. The molecule has 0 amide bonds. The van der Waals surface area contributed by atoms with Crippen LogP contribution in [0.2, 0.25) is 0 Å². The fraction of sp³-hybridized carbons (Fsp3) is 0.0811. The summed E-state index contributed by atoms with van der Waals surface area (Å²) in [6, 6.07) is 71.4. The molecule has 20 aromatic rings. The summed E-state index contributed by atoms with van der Waals surface area (Å²) in [5.41, 5.74) is 26.1. The number of benzene rings is 6. The second-order valence-electron chi connectivity index (χ2n) is 31.3. The van der Waals surface area contributed by atoms with Crippen LogP contribution in [0.1, 0.15) is 59.3 Å². The lowest BCUT2D eigenvalue weighted by Gasteiger charge is -2.09. The molecule has 0 atom stereocenters. The number of rotatable bonds is 19. The van der Waals surface area contributed by atoms with Crippen LogP contribution in [0.4, 0.5) is 64.3 Å². The lowest BCUT2D eigenvalue weighted by Crippen LogP contribution is -2.03. The first-order chi connectivity index (χ1) is 67.4. The van der Waals surface area contributed by atoms with Gasteiger partial charge in [0.1, 0.15) is 34.8 Å². The molecule has 4 N–H and O–H groups in total. The SMILES string of the molecule is CCCC#Cc1sc(-c2ccc(F)cc2)c(-c2ccncc2)c1CCCc1ccccc1.Cc1nc(F)c(F)c(-c2cc(-c3ccncc3)c(-c3ccc(F)cc3)s2)c1F.Cc1nc(N)c(F)c(-c2cc(-c3ccncc3)c(-c3ccc(F)cc3)s2)c1F.Cc1nc(N)c(F)c(-c2cc(-c3ccncc3)c(-c3ccc(F)cc3)s2)c1F.Fc1ccc(-c2sc(-c3ccco3)cc2-c2ccncc2)cc1. The predicted molar refractivity (Wildman–Crippen MR) is 535 cm³/mol. The Morgan fingerprint density at radius 3 is 0.978 bits per heavy atom. The van der Waals surface area contributed by atoms with Crippen molar-refractivity contribution in [2.45, 2.75) is 59.8 Å². The van der Waals surface area contributed by atoms with Crippen LogP contribution in [0.5, 0.6) is 0 Å². The van der Waals surface area contributed by atoms with E-state index in [0.29, 0.717) is 25.8 Å². The molecule has 0 radical (unpaired) electrons. The molecule has 14 aromatic heterocycles. The third-order valence-corrected chi connectivity index (χ3v) is 28.0. The summed E-state index contributed by atoms with van der Waals surface area (Å²) in [4.78, 5) is 38.5. The Labute approximate surface area is 812 Å². The molecule has 139 heavy (non-hydrogen) atoms. The van der Waals surface area contributed by atoms with Crippen LogP contribution in [0.15, 0.2) is 321 Å². The normalized spacial score (nSPS) is 10.9. The van der Waals surface area contributed by atoms with E-state index in [1.807, 2.05) is 48.8 Å². The van der Waals surface area contributed by atoms with Crippen LogP contribution in [-0.4, -0.2) is 39.9 Å². The molecular formula is C111H78F12N10OS5. The first-order valence-electron chi connectivity index (χ1n) is 43.3. The van der Waals surface area contributed by atoms with E-state index in [4.69, 9.17) is 15.9 Å². The molecule has 20 rings (SSSR count). The third-order valence-electron chi connectivity index (χ3n) is 22.0. The number of nitrogens with zero attached hydrogens (tertiary/aromatic N) is 8. The van der Waals surface area contributed by atoms with Crippen molar-refractivity contribution in [1.82, 2.24) is 39.9 Å². The summed E-state index contributed by atoms with van der Waals surface area (Å²) in [6.07, 6.45) is 23.6. The largest absolute Gasteiger partial charge is 0.464 e. The van der Waals surface area contributed by atoms with Crippen LogP contribution in [0.25, 0.3) is 150 Å². The number of furan rings is 1. The van der Waals surface area contributed by atoms with E-state index in [2.05, 4.69) is 107 Å². The van der Waals surface area contributed by atoms with E-state index in [1.54, 1.807) is 182 Å². The summed E-state index contributed by atoms with van der Waals surface area (Å²) in [5, 5.41) is 0. The highest BCUT2D eigenvalue weighted by molar-refractivity contribution is 7.20. The molecule has 0 aliphatic carbocycles. The van der Waals surface area contributed by atoms with Crippen molar-refractivity contribution in [3.63, 3.8) is 0 Å². The summed E-state index contributed by atoms with van der Waals surface area (Å²) in [7, 11) is 0. The van der Waals surface area contributed by atoms with Gasteiger partial charge in [-0.2, -0.15) is 4.39 Å². The number of anilines is 2. The monoisotopic (exact) mass is 1950 g/mol. The Hall–Kier alpha value is -15.4. The molecule has 28 heteroatoms. The van der Waals surface area contributed by atoms with Gasteiger partial charge in [0.2, 0.25) is 5.95 Å². The zero-order valence-corrected chi connectivity index (χ0v) is 78.4. The second kappa shape index (κ2) is 44.6. The highest BCUT2D eigenvalue weighted by atomic mass is 32.1. The van der Waals surface area contributed by atoms with Gasteiger partial charge in [0.25, 0.3) is 0 Å². The number of aromatic nitrogens is 8. The van der Waals surface area contributed by atoms with Crippen LogP contribution >= 0.6 is 56.7 Å². The van der Waals surface area contributed by atoms with Crippen molar-refractivity contribution < 1.29 is 57.1 Å². The number of hydrogen-bond acceptors (Lipinski definition) is 16. The highest BCUT2D eigenvalue weighted by Crippen LogP contribution is 2.51. The Bertz CT molecular complexity index is 7180. The van der Waals surface area contributed by atoms with Gasteiger partial charge < -0.3 is 15.9 Å². The number of nitrogens with two attached hydrogens (primary N) is 2. The maximum atomic E-state index is 14.7. The molecular weight excluding hydrogens is 1880 g/mol. The Morgan fingerprint density at radius 1 is 0.309 bits per heavy atom. The van der Waals surface area contributed by atoms with Crippen LogP contribution in [0, 0.1) is 103 Å². The molecule has 14 heterocycles. The van der Waals surface area contributed by atoms with Gasteiger partial charge in [-0.3, -0.25) is 24.9 Å². The molecule has 6 aromatic carbocycles. The summed E-state index contributed by atoms with van der Waals surface area (Å²) in [6.45, 7) is 6.30. The predicted octanol–water partition coefficient (Wildman–Crippen LogP) is 31.9. The van der Waals surface area contributed by atoms with Crippen molar-refractivity contribution in [3.05, 3.63) is 420 Å². The van der Waals surface area contributed by atoms with E-state index >= 15 is 0 Å². The summed E-state index contributed by atoms with van der Waals surface area (Å²) in [5.74, 6) is -1.53. The number of unbranched alkanes of at least 4 members (excludes halogenated alkanes) is 1. The van der Waals surface area contributed by atoms with E-state index in [1.165, 1.54) is 121 Å². The standard InChI is InChI=1S/C29H26FNS.C21H12F4N2S.2C21H14F3N3S.C19H12FNOS/c1-2-3-5-13-27-26(12-8-11-22-9-6-4-7-10-22)28(23-18-20-31-21-19-23)29(32-27)24-14-16-25(30)17-15-24;3*1-11-18(23)17(19(24)21(25)27-11)16-10-15(12-6-8-26-9-7-12)20(28-16)13-2-4-14(22)5-3-13;20-15-5-3-14(4-6-15)19-16(13-7-9-21-10-8-13)12-18(23-19)17-2-1-11-22-17/h4,6-7,9-10,14-21H,2-3,8,11-12H2,1H3;2-10H,1H3;2*2-10H,1H3,(H2,25,27);1-12H. The topological polar surface area (TPSA) is 168 Å². The van der Waals surface area contributed by atoms with Crippen LogP contribution in [-0.2, 0) is 12.8 Å². The first-order valence-corrected chi connectivity index (χ1v) is 47.4. The second-order valence-corrected chi connectivity index (χ2v) is 36.5. The number of nitrogen functional groups attached to an aromatic ring is 2. The van der Waals surface area contributed by atoms with Crippen molar-refractivity contribution in [3.8, 4) is 162 Å². The van der Waals surface area contributed by atoms with Crippen molar-refractivity contribution in [2.75, 3.05) is 11.5 Å². The Kier molecular flexibility index (Phi) is 31.0. The fourth-order valence-electron chi connectivity index (χ4n) is 15.2. The Balaban J connectivity index is 0.000000126. The van der Waals surface area contributed by atoms with Gasteiger partial charge in [0.05, 0.1) is 49.8 Å².